The van der Waals surface area contributed by atoms with Gasteiger partial charge < -0.3 is 10.4 Å². The van der Waals surface area contributed by atoms with Gasteiger partial charge in [-0.1, -0.05) is 61.5 Å². The van der Waals surface area contributed by atoms with Gasteiger partial charge in [-0.05, 0) is 84.4 Å². The number of aromatic nitrogens is 1. The standard InChI is InChI=1S/C32H32N2O3/c1-2-22-5-3-4-6-29(22)34-32(37)28-17-18-33-30-20-26(15-16-27(28)30)25-13-11-24(12-14-25)23-9-7-21(8-10-23)19-31(35)36/h3-6,11-18,20-21,23H,2,7-10,19H2,1H3,(H,34,37)(H,35,36). The predicted molar refractivity (Wildman–Crippen MR) is 148 cm³/mol. The smallest absolute Gasteiger partial charge is 0.303 e. The topological polar surface area (TPSA) is 79.3 Å². The summed E-state index contributed by atoms with van der Waals surface area (Å²) in [6.45, 7) is 2.08. The molecule has 0 saturated heterocycles. The molecule has 0 radical (unpaired) electrons. The minimum absolute atomic E-state index is 0.136. The lowest BCUT2D eigenvalue weighted by molar-refractivity contribution is -0.138. The van der Waals surface area contributed by atoms with Crippen LogP contribution in [-0.4, -0.2) is 22.0 Å². The van der Waals surface area contributed by atoms with Gasteiger partial charge in [-0.15, -0.1) is 0 Å². The van der Waals surface area contributed by atoms with E-state index in [0.29, 0.717) is 17.4 Å². The maximum absolute atomic E-state index is 13.1. The molecular formula is C32H32N2O3. The van der Waals surface area contributed by atoms with E-state index < -0.39 is 5.97 Å². The molecule has 1 aliphatic rings. The zero-order chi connectivity index (χ0) is 25.8. The van der Waals surface area contributed by atoms with Crippen molar-refractivity contribution in [2.75, 3.05) is 5.32 Å². The van der Waals surface area contributed by atoms with Crippen LogP contribution in [0.5, 0.6) is 0 Å². The van der Waals surface area contributed by atoms with Gasteiger partial charge in [0, 0.05) is 23.7 Å². The molecule has 0 unspecified atom stereocenters. The fourth-order valence-electron chi connectivity index (χ4n) is 5.56. The summed E-state index contributed by atoms with van der Waals surface area (Å²) in [5, 5.41) is 12.9. The minimum Gasteiger partial charge on any atom is -0.481 e. The summed E-state index contributed by atoms with van der Waals surface area (Å²) in [4.78, 5) is 28.7. The average Bonchev–Trinajstić information content (AvgIpc) is 2.93. The average molecular weight is 493 g/mol. The van der Waals surface area contributed by atoms with Crippen molar-refractivity contribution in [1.82, 2.24) is 4.98 Å². The molecule has 5 heteroatoms. The van der Waals surface area contributed by atoms with Crippen LogP contribution in [0.1, 0.15) is 66.4 Å². The Morgan fingerprint density at radius 1 is 0.919 bits per heavy atom. The maximum atomic E-state index is 13.1. The predicted octanol–water partition coefficient (Wildman–Crippen LogP) is 7.47. The number of carboxylic acid groups (broad SMARTS) is 1. The molecule has 0 bridgehead atoms. The summed E-state index contributed by atoms with van der Waals surface area (Å²) in [6.07, 6.45) is 6.88. The van der Waals surface area contributed by atoms with E-state index in [2.05, 4.69) is 41.5 Å². The van der Waals surface area contributed by atoms with Crippen molar-refractivity contribution < 1.29 is 14.7 Å². The van der Waals surface area contributed by atoms with Gasteiger partial charge in [-0.25, -0.2) is 0 Å². The molecule has 5 nitrogen and oxygen atoms in total. The van der Waals surface area contributed by atoms with E-state index >= 15 is 0 Å². The van der Waals surface area contributed by atoms with Gasteiger partial charge in [0.1, 0.15) is 0 Å². The van der Waals surface area contributed by atoms with Gasteiger partial charge in [-0.3, -0.25) is 14.6 Å². The SMILES string of the molecule is CCc1ccccc1NC(=O)c1ccnc2cc(-c3ccc(C4CCC(CC(=O)O)CC4)cc3)ccc12. The highest BCUT2D eigenvalue weighted by Gasteiger charge is 2.24. The number of carboxylic acids is 1. The van der Waals surface area contributed by atoms with Crippen molar-refractivity contribution in [3.05, 3.63) is 95.7 Å². The van der Waals surface area contributed by atoms with Crippen LogP contribution in [0.25, 0.3) is 22.0 Å². The third-order valence-electron chi connectivity index (χ3n) is 7.66. The van der Waals surface area contributed by atoms with Crippen LogP contribution in [-0.2, 0) is 11.2 Å². The highest BCUT2D eigenvalue weighted by atomic mass is 16.4. The highest BCUT2D eigenvalue weighted by molar-refractivity contribution is 6.12. The summed E-state index contributed by atoms with van der Waals surface area (Å²) < 4.78 is 0. The number of anilines is 1. The van der Waals surface area contributed by atoms with Gasteiger partial charge in [0.05, 0.1) is 11.1 Å². The minimum atomic E-state index is -0.688. The van der Waals surface area contributed by atoms with E-state index in [1.165, 1.54) is 5.56 Å². The zero-order valence-corrected chi connectivity index (χ0v) is 21.1. The van der Waals surface area contributed by atoms with Crippen LogP contribution in [0.3, 0.4) is 0 Å². The summed E-state index contributed by atoms with van der Waals surface area (Å²) in [5.74, 6) is -0.0153. The fraction of sp³-hybridized carbons (Fsp3) is 0.281. The number of hydrogen-bond donors (Lipinski definition) is 2. The molecule has 188 valence electrons. The van der Waals surface area contributed by atoms with Gasteiger partial charge in [0.2, 0.25) is 0 Å². The molecule has 1 amide bonds. The Morgan fingerprint density at radius 2 is 1.65 bits per heavy atom. The molecule has 37 heavy (non-hydrogen) atoms. The van der Waals surface area contributed by atoms with E-state index in [-0.39, 0.29) is 12.3 Å². The van der Waals surface area contributed by atoms with Crippen LogP contribution in [0.15, 0.2) is 79.0 Å². The lowest BCUT2D eigenvalue weighted by Gasteiger charge is -2.28. The summed E-state index contributed by atoms with van der Waals surface area (Å²) in [7, 11) is 0. The van der Waals surface area contributed by atoms with Crippen molar-refractivity contribution in [3.63, 3.8) is 0 Å². The summed E-state index contributed by atoms with van der Waals surface area (Å²) in [5.41, 5.74) is 6.83. The lowest BCUT2D eigenvalue weighted by atomic mass is 9.77. The summed E-state index contributed by atoms with van der Waals surface area (Å²) >= 11 is 0. The molecule has 0 atom stereocenters. The summed E-state index contributed by atoms with van der Waals surface area (Å²) in [6, 6.07) is 24.4. The van der Waals surface area contributed by atoms with E-state index in [1.54, 1.807) is 12.3 Å². The van der Waals surface area contributed by atoms with Crippen LogP contribution in [0.4, 0.5) is 5.69 Å². The molecule has 3 aromatic carbocycles. The Balaban J connectivity index is 1.32. The number of aliphatic carboxylic acids is 1. The van der Waals surface area contributed by atoms with Crippen LogP contribution >= 0.6 is 0 Å². The van der Waals surface area contributed by atoms with Gasteiger partial charge in [-0.2, -0.15) is 0 Å². The number of rotatable bonds is 7. The first kappa shape index (κ1) is 24.7. The van der Waals surface area contributed by atoms with Crippen molar-refractivity contribution in [3.8, 4) is 11.1 Å². The molecular weight excluding hydrogens is 460 g/mol. The Kier molecular flexibility index (Phi) is 7.31. The number of fused-ring (bicyclic) bond motifs is 1. The highest BCUT2D eigenvalue weighted by Crippen LogP contribution is 2.38. The first-order valence-electron chi connectivity index (χ1n) is 13.1. The second-order valence-corrected chi connectivity index (χ2v) is 9.99. The number of nitrogens with one attached hydrogen (secondary N) is 1. The van der Waals surface area contributed by atoms with Crippen molar-refractivity contribution in [1.29, 1.82) is 0 Å². The number of hydrogen-bond acceptors (Lipinski definition) is 3. The number of carbonyl (C=O) groups excluding carboxylic acids is 1. The largest absolute Gasteiger partial charge is 0.481 e. The molecule has 4 aromatic rings. The zero-order valence-electron chi connectivity index (χ0n) is 21.1. The molecule has 0 aliphatic heterocycles. The molecule has 5 rings (SSSR count). The number of nitrogens with zero attached hydrogens (tertiary/aromatic N) is 1. The maximum Gasteiger partial charge on any atom is 0.303 e. The van der Waals surface area contributed by atoms with Crippen molar-refractivity contribution in [2.45, 2.75) is 51.4 Å². The first-order valence-corrected chi connectivity index (χ1v) is 13.1. The molecule has 2 N–H and O–H groups in total. The van der Waals surface area contributed by atoms with Crippen LogP contribution in [0.2, 0.25) is 0 Å². The Bertz CT molecular complexity index is 1420. The number of carbonyl (C=O) groups is 2. The third-order valence-corrected chi connectivity index (χ3v) is 7.66. The van der Waals surface area contributed by atoms with Gasteiger partial charge in [0.15, 0.2) is 0 Å². The van der Waals surface area contributed by atoms with E-state index in [0.717, 1.165) is 65.4 Å². The molecule has 0 spiro atoms. The second kappa shape index (κ2) is 11.0. The van der Waals surface area contributed by atoms with E-state index in [9.17, 15) is 9.59 Å². The molecule has 1 saturated carbocycles. The van der Waals surface area contributed by atoms with E-state index in [4.69, 9.17) is 5.11 Å². The number of amides is 1. The second-order valence-electron chi connectivity index (χ2n) is 9.99. The number of aryl methyl sites for hydroxylation is 1. The molecule has 1 aromatic heterocycles. The Morgan fingerprint density at radius 3 is 2.38 bits per heavy atom. The van der Waals surface area contributed by atoms with Gasteiger partial charge in [0.25, 0.3) is 5.91 Å². The Hall–Kier alpha value is -3.99. The van der Waals surface area contributed by atoms with Crippen LogP contribution < -0.4 is 5.32 Å². The normalized spacial score (nSPS) is 17.4. The number of pyridine rings is 1. The van der Waals surface area contributed by atoms with Crippen LogP contribution in [0, 0.1) is 5.92 Å². The first-order chi connectivity index (χ1) is 18.0. The fourth-order valence-corrected chi connectivity index (χ4v) is 5.56. The van der Waals surface area contributed by atoms with Crippen molar-refractivity contribution in [2.24, 2.45) is 5.92 Å². The molecule has 1 fully saturated rings. The number of benzene rings is 3. The monoisotopic (exact) mass is 492 g/mol. The van der Waals surface area contributed by atoms with E-state index in [1.807, 2.05) is 42.5 Å². The molecule has 1 heterocycles. The third kappa shape index (κ3) is 5.56. The quantitative estimate of drug-likeness (QED) is 0.280. The molecule has 1 aliphatic carbocycles. The van der Waals surface area contributed by atoms with Gasteiger partial charge >= 0.3 is 5.97 Å². The number of para-hydroxylation sites is 1. The Labute approximate surface area is 217 Å². The lowest BCUT2D eigenvalue weighted by Crippen LogP contribution is -2.16. The van der Waals surface area contributed by atoms with Crippen molar-refractivity contribution >= 4 is 28.5 Å².